The Morgan fingerprint density at radius 3 is 2.39 bits per heavy atom. The van der Waals surface area contributed by atoms with Crippen LogP contribution in [0.5, 0.6) is 5.75 Å². The van der Waals surface area contributed by atoms with Crippen molar-refractivity contribution in [3.63, 3.8) is 0 Å². The molecule has 0 aromatic heterocycles. The van der Waals surface area contributed by atoms with Gasteiger partial charge in [-0.1, -0.05) is 18.2 Å². The molecule has 0 aliphatic carbocycles. The van der Waals surface area contributed by atoms with Gasteiger partial charge in [0.15, 0.2) is 0 Å². The van der Waals surface area contributed by atoms with Crippen LogP contribution in [0.25, 0.3) is 0 Å². The van der Waals surface area contributed by atoms with Gasteiger partial charge in [0.1, 0.15) is 12.4 Å². The highest BCUT2D eigenvalue weighted by Crippen LogP contribution is 2.11. The van der Waals surface area contributed by atoms with Crippen molar-refractivity contribution in [1.82, 2.24) is 0 Å². The summed E-state index contributed by atoms with van der Waals surface area (Å²) in [4.78, 5) is 0. The predicted molar refractivity (Wildman–Crippen MR) is 71.6 cm³/mol. The summed E-state index contributed by atoms with van der Waals surface area (Å²) in [7, 11) is 0. The van der Waals surface area contributed by atoms with Crippen LogP contribution >= 0.6 is 0 Å². The van der Waals surface area contributed by atoms with Gasteiger partial charge in [-0.3, -0.25) is 0 Å². The number of rotatable bonds is 5. The van der Waals surface area contributed by atoms with Gasteiger partial charge in [0, 0.05) is 12.2 Å². The van der Waals surface area contributed by atoms with Crippen molar-refractivity contribution >= 4 is 5.69 Å². The Bertz CT molecular complexity index is 514. The highest BCUT2D eigenvalue weighted by molar-refractivity contribution is 5.42. The second kappa shape index (κ2) is 6.31. The summed E-state index contributed by atoms with van der Waals surface area (Å²) < 4.78 is 5.56. The Kier molecular flexibility index (Phi) is 4.21. The molecule has 0 unspecified atom stereocenters. The minimum Gasteiger partial charge on any atom is -0.492 e. The van der Waals surface area contributed by atoms with E-state index in [0.29, 0.717) is 12.2 Å². The fourth-order valence-corrected chi connectivity index (χ4v) is 1.55. The Morgan fingerprint density at radius 2 is 1.72 bits per heavy atom. The van der Waals surface area contributed by atoms with Crippen molar-refractivity contribution in [2.24, 2.45) is 0 Å². The van der Waals surface area contributed by atoms with E-state index in [1.165, 1.54) is 0 Å². The van der Waals surface area contributed by atoms with E-state index in [2.05, 4.69) is 11.4 Å². The molecule has 1 N–H and O–H groups in total. The molecule has 0 saturated carbocycles. The highest BCUT2D eigenvalue weighted by Gasteiger charge is 1.94. The number of nitrogens with one attached hydrogen (secondary N) is 1. The van der Waals surface area contributed by atoms with Crippen molar-refractivity contribution < 1.29 is 4.74 Å². The lowest BCUT2D eigenvalue weighted by molar-refractivity contribution is 0.333. The summed E-state index contributed by atoms with van der Waals surface area (Å²) in [6.45, 7) is 1.32. The molecule has 0 atom stereocenters. The second-order valence-electron chi connectivity index (χ2n) is 3.78. The van der Waals surface area contributed by atoms with E-state index in [1.807, 2.05) is 30.3 Å². The Balaban J connectivity index is 1.74. The fourth-order valence-electron chi connectivity index (χ4n) is 1.55. The standard InChI is InChI=1S/C15H14N2O/c16-12-13-6-8-15(9-7-13)18-11-10-17-14-4-2-1-3-5-14/h1-9,17H,10-11H2. The Hall–Kier alpha value is -2.47. The van der Waals surface area contributed by atoms with Gasteiger partial charge < -0.3 is 10.1 Å². The first kappa shape index (κ1) is 12.0. The monoisotopic (exact) mass is 238 g/mol. The molecule has 3 nitrogen and oxygen atoms in total. The van der Waals surface area contributed by atoms with Crippen LogP contribution in [0.15, 0.2) is 54.6 Å². The molecule has 2 aromatic carbocycles. The average molecular weight is 238 g/mol. The number of anilines is 1. The minimum atomic E-state index is 0.584. The van der Waals surface area contributed by atoms with Crippen LogP contribution in [0, 0.1) is 11.3 Å². The first-order valence-corrected chi connectivity index (χ1v) is 5.80. The molecular formula is C15H14N2O. The van der Waals surface area contributed by atoms with Crippen LogP contribution in [0.1, 0.15) is 5.56 Å². The molecule has 0 aliphatic heterocycles. The van der Waals surface area contributed by atoms with Crippen molar-refractivity contribution in [3.8, 4) is 11.8 Å². The Morgan fingerprint density at radius 1 is 1.00 bits per heavy atom. The van der Waals surface area contributed by atoms with Gasteiger partial charge in [0.05, 0.1) is 11.6 Å². The summed E-state index contributed by atoms with van der Waals surface area (Å²) >= 11 is 0. The first-order chi connectivity index (χ1) is 8.88. The molecule has 0 saturated heterocycles. The van der Waals surface area contributed by atoms with Crippen molar-refractivity contribution in [3.05, 3.63) is 60.2 Å². The number of benzene rings is 2. The first-order valence-electron chi connectivity index (χ1n) is 5.80. The maximum Gasteiger partial charge on any atom is 0.119 e. The number of hydrogen-bond acceptors (Lipinski definition) is 3. The van der Waals surface area contributed by atoms with Gasteiger partial charge in [-0.15, -0.1) is 0 Å². The molecule has 0 fully saturated rings. The van der Waals surface area contributed by atoms with Crippen LogP contribution in [0.3, 0.4) is 0 Å². The second-order valence-corrected chi connectivity index (χ2v) is 3.78. The molecule has 3 heteroatoms. The van der Waals surface area contributed by atoms with E-state index in [4.69, 9.17) is 10.00 Å². The molecule has 0 radical (unpaired) electrons. The van der Waals surface area contributed by atoms with E-state index in [1.54, 1.807) is 24.3 Å². The lowest BCUT2D eigenvalue weighted by atomic mass is 10.2. The third kappa shape index (κ3) is 3.53. The molecule has 0 bridgehead atoms. The molecule has 0 spiro atoms. The maximum absolute atomic E-state index is 8.67. The zero-order valence-corrected chi connectivity index (χ0v) is 9.97. The van der Waals surface area contributed by atoms with Gasteiger partial charge in [-0.25, -0.2) is 0 Å². The summed E-state index contributed by atoms with van der Waals surface area (Å²) in [5.74, 6) is 0.781. The maximum atomic E-state index is 8.67. The van der Waals surface area contributed by atoms with Crippen LogP contribution in [0.2, 0.25) is 0 Å². The van der Waals surface area contributed by atoms with Crippen molar-refractivity contribution in [2.45, 2.75) is 0 Å². The highest BCUT2D eigenvalue weighted by atomic mass is 16.5. The lowest BCUT2D eigenvalue weighted by Crippen LogP contribution is -2.11. The largest absolute Gasteiger partial charge is 0.492 e. The molecule has 18 heavy (non-hydrogen) atoms. The van der Waals surface area contributed by atoms with Gasteiger partial charge in [-0.2, -0.15) is 5.26 Å². The number of ether oxygens (including phenoxy) is 1. The summed E-state index contributed by atoms with van der Waals surface area (Å²) in [6.07, 6.45) is 0. The predicted octanol–water partition coefficient (Wildman–Crippen LogP) is 3.05. The zero-order chi connectivity index (χ0) is 12.6. The molecule has 0 amide bonds. The van der Waals surface area contributed by atoms with E-state index in [0.717, 1.165) is 18.0 Å². The Labute approximate surface area is 107 Å². The van der Waals surface area contributed by atoms with E-state index < -0.39 is 0 Å². The van der Waals surface area contributed by atoms with Crippen LogP contribution in [-0.2, 0) is 0 Å². The quantitative estimate of drug-likeness (QED) is 0.814. The number of nitriles is 1. The summed E-state index contributed by atoms with van der Waals surface area (Å²) in [6, 6.07) is 19.2. The van der Waals surface area contributed by atoms with Gasteiger partial charge in [0.2, 0.25) is 0 Å². The third-order valence-corrected chi connectivity index (χ3v) is 2.46. The lowest BCUT2D eigenvalue weighted by Gasteiger charge is -2.08. The van der Waals surface area contributed by atoms with Gasteiger partial charge >= 0.3 is 0 Å². The average Bonchev–Trinajstić information content (AvgIpc) is 2.45. The summed E-state index contributed by atoms with van der Waals surface area (Å²) in [5.41, 5.74) is 1.73. The minimum absolute atomic E-state index is 0.584. The molecule has 90 valence electrons. The van der Waals surface area contributed by atoms with E-state index in [9.17, 15) is 0 Å². The number of nitrogens with zero attached hydrogens (tertiary/aromatic N) is 1. The SMILES string of the molecule is N#Cc1ccc(OCCNc2ccccc2)cc1. The molecule has 2 aromatic rings. The van der Waals surface area contributed by atoms with Crippen molar-refractivity contribution in [1.29, 1.82) is 5.26 Å². The van der Waals surface area contributed by atoms with Crippen LogP contribution < -0.4 is 10.1 Å². The zero-order valence-electron chi connectivity index (χ0n) is 9.97. The van der Waals surface area contributed by atoms with Crippen molar-refractivity contribution in [2.75, 3.05) is 18.5 Å². The fraction of sp³-hybridized carbons (Fsp3) is 0.133. The molecule has 2 rings (SSSR count). The van der Waals surface area contributed by atoms with Gasteiger partial charge in [0.25, 0.3) is 0 Å². The number of para-hydroxylation sites is 1. The van der Waals surface area contributed by atoms with E-state index in [-0.39, 0.29) is 0 Å². The van der Waals surface area contributed by atoms with E-state index >= 15 is 0 Å². The molecular weight excluding hydrogens is 224 g/mol. The molecule has 0 heterocycles. The summed E-state index contributed by atoms with van der Waals surface area (Å²) in [5, 5.41) is 11.9. The normalized spacial score (nSPS) is 9.50. The topological polar surface area (TPSA) is 45.0 Å². The smallest absolute Gasteiger partial charge is 0.119 e. The van der Waals surface area contributed by atoms with Crippen LogP contribution in [0.4, 0.5) is 5.69 Å². The van der Waals surface area contributed by atoms with Gasteiger partial charge in [-0.05, 0) is 36.4 Å². The third-order valence-electron chi connectivity index (χ3n) is 2.46. The number of hydrogen-bond donors (Lipinski definition) is 1. The van der Waals surface area contributed by atoms with Crippen LogP contribution in [-0.4, -0.2) is 13.2 Å². The molecule has 0 aliphatic rings.